The molecule has 4 nitrogen and oxygen atoms in total. The number of hydrogen-bond acceptors (Lipinski definition) is 3. The fraction of sp³-hybridized carbons (Fsp3) is 0.455. The molecule has 1 aliphatic rings. The van der Waals surface area contributed by atoms with Crippen molar-refractivity contribution >= 4 is 35.0 Å². The minimum absolute atomic E-state index is 0.0875. The van der Waals surface area contributed by atoms with E-state index in [1.165, 1.54) is 17.2 Å². The zero-order chi connectivity index (χ0) is 15.1. The number of halogens is 5. The second kappa shape index (κ2) is 5.29. The number of rotatable bonds is 2. The Morgan fingerprint density at radius 1 is 1.40 bits per heavy atom. The average molecular weight is 329 g/mol. The molecule has 20 heavy (non-hydrogen) atoms. The lowest BCUT2D eigenvalue weighted by molar-refractivity contribution is -0.187. The number of carboxylic acid groups (broad SMARTS) is 1. The number of alkyl halides is 3. The topological polar surface area (TPSA) is 53.4 Å². The average Bonchev–Trinajstić information content (AvgIpc) is 2.73. The van der Waals surface area contributed by atoms with E-state index in [4.69, 9.17) is 28.3 Å². The van der Waals surface area contributed by atoms with Crippen molar-refractivity contribution in [2.45, 2.75) is 6.18 Å². The van der Waals surface area contributed by atoms with E-state index in [2.05, 4.69) is 4.98 Å². The summed E-state index contributed by atoms with van der Waals surface area (Å²) in [6, 6.07) is 1.35. The lowest BCUT2D eigenvalue weighted by atomic mass is 9.96. The summed E-state index contributed by atoms with van der Waals surface area (Å²) in [6.07, 6.45) is -3.34. The minimum Gasteiger partial charge on any atom is -0.481 e. The quantitative estimate of drug-likeness (QED) is 0.906. The van der Waals surface area contributed by atoms with Gasteiger partial charge in [0.05, 0.1) is 21.9 Å². The summed E-state index contributed by atoms with van der Waals surface area (Å²) in [5.41, 5.74) is 0. The zero-order valence-corrected chi connectivity index (χ0v) is 11.4. The summed E-state index contributed by atoms with van der Waals surface area (Å²) in [5, 5.41) is 9.26. The van der Waals surface area contributed by atoms with Crippen LogP contribution in [0, 0.1) is 11.8 Å². The summed E-state index contributed by atoms with van der Waals surface area (Å²) in [5.74, 6) is -4.87. The summed E-state index contributed by atoms with van der Waals surface area (Å²) in [7, 11) is 0. The molecule has 2 atom stereocenters. The highest BCUT2D eigenvalue weighted by molar-refractivity contribution is 6.36. The molecule has 0 bridgehead atoms. The van der Waals surface area contributed by atoms with Crippen molar-refractivity contribution in [3.05, 3.63) is 22.3 Å². The number of aliphatic carboxylic acids is 1. The van der Waals surface area contributed by atoms with Gasteiger partial charge >= 0.3 is 12.1 Å². The molecule has 1 N–H and O–H groups in total. The normalized spacial score (nSPS) is 23.1. The van der Waals surface area contributed by atoms with E-state index in [1.807, 2.05) is 0 Å². The van der Waals surface area contributed by atoms with Crippen molar-refractivity contribution in [2.24, 2.45) is 11.8 Å². The molecule has 0 unspecified atom stereocenters. The lowest BCUT2D eigenvalue weighted by Crippen LogP contribution is -2.33. The second-order valence-electron chi connectivity index (χ2n) is 4.46. The van der Waals surface area contributed by atoms with E-state index in [0.717, 1.165) is 0 Å². The largest absolute Gasteiger partial charge is 0.481 e. The number of aromatic nitrogens is 1. The van der Waals surface area contributed by atoms with Crippen LogP contribution in [0.5, 0.6) is 0 Å². The van der Waals surface area contributed by atoms with Crippen molar-refractivity contribution < 1.29 is 23.1 Å². The number of anilines is 1. The number of nitrogens with zero attached hydrogens (tertiary/aromatic N) is 2. The molecular weight excluding hydrogens is 320 g/mol. The summed E-state index contributed by atoms with van der Waals surface area (Å²) >= 11 is 11.5. The molecule has 110 valence electrons. The van der Waals surface area contributed by atoms with Gasteiger partial charge in [0.25, 0.3) is 0 Å². The molecule has 0 saturated carbocycles. The van der Waals surface area contributed by atoms with Crippen LogP contribution < -0.4 is 4.90 Å². The fourth-order valence-electron chi connectivity index (χ4n) is 2.20. The Balaban J connectivity index is 2.30. The molecule has 0 aromatic carbocycles. The standard InChI is InChI=1S/C11H9Cl2F3N2O2/c12-5-1-8(13)9(17-2-5)18-3-6(10(19)20)7(4-18)11(14,15)16/h1-2,6-7H,3-4H2,(H,19,20)/t6-,7-/m1/s1. The van der Waals surface area contributed by atoms with Gasteiger partial charge in [-0.1, -0.05) is 23.2 Å². The molecule has 1 aromatic rings. The number of carboxylic acids is 1. The summed E-state index contributed by atoms with van der Waals surface area (Å²) in [4.78, 5) is 16.1. The Labute approximate surface area is 122 Å². The second-order valence-corrected chi connectivity index (χ2v) is 5.30. The Morgan fingerprint density at radius 2 is 2.05 bits per heavy atom. The predicted octanol–water partition coefficient (Wildman–Crippen LogP) is 3.09. The van der Waals surface area contributed by atoms with E-state index in [0.29, 0.717) is 0 Å². The molecule has 1 fully saturated rings. The highest BCUT2D eigenvalue weighted by Gasteiger charge is 2.53. The van der Waals surface area contributed by atoms with Crippen molar-refractivity contribution in [2.75, 3.05) is 18.0 Å². The van der Waals surface area contributed by atoms with Gasteiger partial charge in [-0.15, -0.1) is 0 Å². The van der Waals surface area contributed by atoms with E-state index in [-0.39, 0.29) is 22.4 Å². The van der Waals surface area contributed by atoms with E-state index < -0.39 is 30.5 Å². The first-order chi connectivity index (χ1) is 9.20. The predicted molar refractivity (Wildman–Crippen MR) is 67.1 cm³/mol. The van der Waals surface area contributed by atoms with Crippen molar-refractivity contribution in [3.63, 3.8) is 0 Å². The van der Waals surface area contributed by atoms with Crippen LogP contribution in [0.3, 0.4) is 0 Å². The van der Waals surface area contributed by atoms with Gasteiger partial charge in [0.15, 0.2) is 0 Å². The minimum atomic E-state index is -4.59. The van der Waals surface area contributed by atoms with Crippen LogP contribution in [-0.2, 0) is 4.79 Å². The number of hydrogen-bond donors (Lipinski definition) is 1. The highest BCUT2D eigenvalue weighted by Crippen LogP contribution is 2.40. The van der Waals surface area contributed by atoms with Crippen molar-refractivity contribution in [1.29, 1.82) is 0 Å². The SMILES string of the molecule is O=C(O)[C@@H]1CN(c2ncc(Cl)cc2Cl)C[C@H]1C(F)(F)F. The first kappa shape index (κ1) is 15.2. The van der Waals surface area contributed by atoms with Gasteiger partial charge in [0.1, 0.15) is 5.82 Å². The zero-order valence-electron chi connectivity index (χ0n) is 9.86. The highest BCUT2D eigenvalue weighted by atomic mass is 35.5. The lowest BCUT2D eigenvalue weighted by Gasteiger charge is -2.19. The van der Waals surface area contributed by atoms with Gasteiger partial charge in [-0.05, 0) is 6.07 Å². The molecule has 0 aliphatic carbocycles. The van der Waals surface area contributed by atoms with Crippen molar-refractivity contribution in [3.8, 4) is 0 Å². The van der Waals surface area contributed by atoms with Crippen LogP contribution in [-0.4, -0.2) is 35.3 Å². The molecule has 0 radical (unpaired) electrons. The van der Waals surface area contributed by atoms with Gasteiger partial charge in [-0.3, -0.25) is 4.79 Å². The molecule has 0 spiro atoms. The van der Waals surface area contributed by atoms with E-state index >= 15 is 0 Å². The summed E-state index contributed by atoms with van der Waals surface area (Å²) in [6.45, 7) is -0.789. The molecule has 1 aliphatic heterocycles. The molecule has 0 amide bonds. The maximum absolute atomic E-state index is 12.9. The molecule has 1 saturated heterocycles. The van der Waals surface area contributed by atoms with Crippen LogP contribution in [0.2, 0.25) is 10.0 Å². The maximum Gasteiger partial charge on any atom is 0.394 e. The van der Waals surface area contributed by atoms with Gasteiger partial charge < -0.3 is 10.0 Å². The van der Waals surface area contributed by atoms with Crippen LogP contribution in [0.25, 0.3) is 0 Å². The van der Waals surface area contributed by atoms with E-state index in [9.17, 15) is 18.0 Å². The molecule has 1 aromatic heterocycles. The van der Waals surface area contributed by atoms with Gasteiger partial charge in [0, 0.05) is 19.3 Å². The molecular formula is C11H9Cl2F3N2O2. The maximum atomic E-state index is 12.9. The van der Waals surface area contributed by atoms with Crippen molar-refractivity contribution in [1.82, 2.24) is 4.98 Å². The summed E-state index contributed by atoms with van der Waals surface area (Å²) < 4.78 is 38.6. The van der Waals surface area contributed by atoms with Crippen LogP contribution in [0.15, 0.2) is 12.3 Å². The fourth-order valence-corrected chi connectivity index (χ4v) is 2.70. The first-order valence-corrected chi connectivity index (χ1v) is 6.31. The third-order valence-corrected chi connectivity index (χ3v) is 3.63. The molecule has 9 heteroatoms. The third kappa shape index (κ3) is 2.93. The Hall–Kier alpha value is -1.21. The van der Waals surface area contributed by atoms with E-state index in [1.54, 1.807) is 0 Å². The first-order valence-electron chi connectivity index (χ1n) is 5.55. The Bertz CT molecular complexity index is 539. The monoisotopic (exact) mass is 328 g/mol. The third-order valence-electron chi connectivity index (χ3n) is 3.15. The molecule has 2 heterocycles. The van der Waals surface area contributed by atoms with Gasteiger partial charge in [-0.2, -0.15) is 13.2 Å². The Kier molecular flexibility index (Phi) is 4.02. The number of carbonyl (C=O) groups is 1. The van der Waals surface area contributed by atoms with Gasteiger partial charge in [0.2, 0.25) is 0 Å². The smallest absolute Gasteiger partial charge is 0.394 e. The van der Waals surface area contributed by atoms with Crippen LogP contribution in [0.4, 0.5) is 19.0 Å². The number of pyridine rings is 1. The molecule has 2 rings (SSSR count). The van der Waals surface area contributed by atoms with Crippen LogP contribution in [0.1, 0.15) is 0 Å². The van der Waals surface area contributed by atoms with Crippen LogP contribution >= 0.6 is 23.2 Å². The Morgan fingerprint density at radius 3 is 2.50 bits per heavy atom. The van der Waals surface area contributed by atoms with Gasteiger partial charge in [-0.25, -0.2) is 4.98 Å².